The molecule has 1 aliphatic rings. The normalized spacial score (nSPS) is 17.2. The number of amides is 1. The van der Waals surface area contributed by atoms with Gasteiger partial charge in [-0.05, 0) is 43.2 Å². The molecule has 26 heavy (non-hydrogen) atoms. The van der Waals surface area contributed by atoms with Gasteiger partial charge in [-0.1, -0.05) is 31.2 Å². The number of carbonyl (C=O) groups excluding carboxylic acids is 2. The molecule has 2 aromatic carbocycles. The van der Waals surface area contributed by atoms with E-state index in [4.69, 9.17) is 4.74 Å². The maximum absolute atomic E-state index is 13.0. The van der Waals surface area contributed by atoms with Crippen molar-refractivity contribution < 1.29 is 19.4 Å². The molecule has 1 heterocycles. The third-order valence-electron chi connectivity index (χ3n) is 4.58. The number of rotatable bonds is 6. The quantitative estimate of drug-likeness (QED) is 0.861. The Morgan fingerprint density at radius 1 is 1.23 bits per heavy atom. The number of nitrogens with one attached hydrogen (secondary N) is 1. The highest BCUT2D eigenvalue weighted by molar-refractivity contribution is 6.01. The lowest BCUT2D eigenvalue weighted by atomic mass is 10.0. The second kappa shape index (κ2) is 7.47. The van der Waals surface area contributed by atoms with Gasteiger partial charge in [-0.15, -0.1) is 0 Å². The molecular formula is C20H21N2O4-. The summed E-state index contributed by atoms with van der Waals surface area (Å²) in [5, 5.41) is 13.9. The highest BCUT2D eigenvalue weighted by atomic mass is 16.5. The summed E-state index contributed by atoms with van der Waals surface area (Å²) in [5.74, 6) is -0.834. The lowest BCUT2D eigenvalue weighted by Gasteiger charge is -2.41. The van der Waals surface area contributed by atoms with Crippen molar-refractivity contribution in [3.8, 4) is 5.75 Å². The number of carboxylic acid groups (broad SMARTS) is 1. The maximum atomic E-state index is 13.0. The Hall–Kier alpha value is -3.02. The molecule has 0 fully saturated rings. The van der Waals surface area contributed by atoms with Gasteiger partial charge in [0.15, 0.2) is 0 Å². The molecule has 3 rings (SSSR count). The first-order valence-corrected chi connectivity index (χ1v) is 8.62. The standard InChI is InChI=1S/C20H22N2O4/c1-3-13(2)22-19(21-17-7-5-4-6-16(17)20(22)25)14-8-10-15(11-9-14)26-12-18(23)24/h4-11,13,19,21H,3,12H2,1-2H3,(H,23,24)/p-1/t13-,19+/m1/s1. The van der Waals surface area contributed by atoms with Crippen LogP contribution in [0.5, 0.6) is 5.75 Å². The Morgan fingerprint density at radius 2 is 1.92 bits per heavy atom. The van der Waals surface area contributed by atoms with Gasteiger partial charge in [0.25, 0.3) is 5.91 Å². The summed E-state index contributed by atoms with van der Waals surface area (Å²) in [6.45, 7) is 3.58. The predicted molar refractivity (Wildman–Crippen MR) is 95.7 cm³/mol. The molecule has 6 heteroatoms. The van der Waals surface area contributed by atoms with E-state index in [9.17, 15) is 14.7 Å². The summed E-state index contributed by atoms with van der Waals surface area (Å²) in [6.07, 6.45) is 0.529. The third kappa shape index (κ3) is 3.49. The average molecular weight is 353 g/mol. The summed E-state index contributed by atoms with van der Waals surface area (Å²) in [5.41, 5.74) is 2.37. The number of para-hydroxylation sites is 1. The number of nitrogens with zero attached hydrogens (tertiary/aromatic N) is 1. The monoisotopic (exact) mass is 353 g/mol. The van der Waals surface area contributed by atoms with Crippen LogP contribution in [0.3, 0.4) is 0 Å². The van der Waals surface area contributed by atoms with Crippen LogP contribution in [0.1, 0.15) is 42.4 Å². The minimum Gasteiger partial charge on any atom is -0.546 e. The molecule has 1 N–H and O–H groups in total. The van der Waals surface area contributed by atoms with Crippen LogP contribution in [0.15, 0.2) is 48.5 Å². The van der Waals surface area contributed by atoms with E-state index in [0.29, 0.717) is 11.3 Å². The Bertz CT molecular complexity index is 804. The zero-order valence-electron chi connectivity index (χ0n) is 14.8. The van der Waals surface area contributed by atoms with E-state index in [1.807, 2.05) is 55.1 Å². The van der Waals surface area contributed by atoms with Gasteiger partial charge in [-0.25, -0.2) is 0 Å². The number of aliphatic carboxylic acids is 1. The number of hydrogen-bond donors (Lipinski definition) is 1. The molecule has 0 saturated carbocycles. The molecule has 6 nitrogen and oxygen atoms in total. The fraction of sp³-hybridized carbons (Fsp3) is 0.300. The Balaban J connectivity index is 1.91. The molecule has 0 saturated heterocycles. The summed E-state index contributed by atoms with van der Waals surface area (Å²) in [6, 6.07) is 14.6. The fourth-order valence-electron chi connectivity index (χ4n) is 3.05. The number of carboxylic acids is 1. The number of carbonyl (C=O) groups is 2. The number of hydrogen-bond acceptors (Lipinski definition) is 5. The molecule has 136 valence electrons. The lowest BCUT2D eigenvalue weighted by molar-refractivity contribution is -0.307. The van der Waals surface area contributed by atoms with E-state index in [0.717, 1.165) is 17.7 Å². The largest absolute Gasteiger partial charge is 0.546 e. The van der Waals surface area contributed by atoms with Crippen molar-refractivity contribution in [3.05, 3.63) is 59.7 Å². The van der Waals surface area contributed by atoms with Crippen LogP contribution in [0.2, 0.25) is 0 Å². The van der Waals surface area contributed by atoms with Crippen molar-refractivity contribution in [2.45, 2.75) is 32.5 Å². The highest BCUT2D eigenvalue weighted by Crippen LogP contribution is 2.35. The van der Waals surface area contributed by atoms with Crippen LogP contribution < -0.4 is 15.2 Å². The molecule has 0 bridgehead atoms. The number of benzene rings is 2. The first kappa shape index (κ1) is 17.8. The van der Waals surface area contributed by atoms with Crippen LogP contribution in [0.25, 0.3) is 0 Å². The second-order valence-corrected chi connectivity index (χ2v) is 6.29. The van der Waals surface area contributed by atoms with Gasteiger partial charge in [0.1, 0.15) is 18.5 Å². The number of anilines is 1. The number of ether oxygens (including phenoxy) is 1. The van der Waals surface area contributed by atoms with E-state index in [-0.39, 0.29) is 18.1 Å². The van der Waals surface area contributed by atoms with Crippen LogP contribution in [0, 0.1) is 0 Å². The van der Waals surface area contributed by atoms with Gasteiger partial charge in [0.05, 0.1) is 11.5 Å². The number of fused-ring (bicyclic) bond motifs is 1. The Kier molecular flexibility index (Phi) is 5.11. The average Bonchev–Trinajstić information content (AvgIpc) is 2.66. The summed E-state index contributed by atoms with van der Waals surface area (Å²) >= 11 is 0. The van der Waals surface area contributed by atoms with Crippen molar-refractivity contribution in [2.75, 3.05) is 11.9 Å². The van der Waals surface area contributed by atoms with Crippen molar-refractivity contribution >= 4 is 17.6 Å². The lowest BCUT2D eigenvalue weighted by Crippen LogP contribution is -2.47. The molecule has 0 unspecified atom stereocenters. The molecule has 0 spiro atoms. The molecule has 2 aromatic rings. The Morgan fingerprint density at radius 3 is 2.58 bits per heavy atom. The summed E-state index contributed by atoms with van der Waals surface area (Å²) in [7, 11) is 0. The van der Waals surface area contributed by atoms with Crippen molar-refractivity contribution in [2.24, 2.45) is 0 Å². The molecule has 2 atom stereocenters. The van der Waals surface area contributed by atoms with Crippen LogP contribution in [-0.4, -0.2) is 29.4 Å². The maximum Gasteiger partial charge on any atom is 0.258 e. The van der Waals surface area contributed by atoms with Crippen LogP contribution in [0.4, 0.5) is 5.69 Å². The first-order valence-electron chi connectivity index (χ1n) is 8.62. The summed E-state index contributed by atoms with van der Waals surface area (Å²) in [4.78, 5) is 25.4. The van der Waals surface area contributed by atoms with Gasteiger partial charge in [0.2, 0.25) is 0 Å². The van der Waals surface area contributed by atoms with E-state index in [1.165, 1.54) is 0 Å². The van der Waals surface area contributed by atoms with E-state index in [1.54, 1.807) is 12.1 Å². The Labute approximate surface area is 152 Å². The smallest absolute Gasteiger partial charge is 0.258 e. The molecule has 0 radical (unpaired) electrons. The molecule has 1 amide bonds. The minimum atomic E-state index is -1.27. The molecule has 0 aromatic heterocycles. The second-order valence-electron chi connectivity index (χ2n) is 6.29. The first-order chi connectivity index (χ1) is 12.5. The van der Waals surface area contributed by atoms with Crippen molar-refractivity contribution in [3.63, 3.8) is 0 Å². The molecular weight excluding hydrogens is 332 g/mol. The predicted octanol–water partition coefficient (Wildman–Crippen LogP) is 2.18. The third-order valence-corrected chi connectivity index (χ3v) is 4.58. The zero-order valence-corrected chi connectivity index (χ0v) is 14.8. The summed E-state index contributed by atoms with van der Waals surface area (Å²) < 4.78 is 5.12. The van der Waals surface area contributed by atoms with E-state index in [2.05, 4.69) is 5.32 Å². The molecule has 0 aliphatic carbocycles. The zero-order chi connectivity index (χ0) is 18.7. The van der Waals surface area contributed by atoms with Crippen molar-refractivity contribution in [1.29, 1.82) is 0 Å². The van der Waals surface area contributed by atoms with Gasteiger partial charge in [0, 0.05) is 11.7 Å². The topological polar surface area (TPSA) is 81.7 Å². The van der Waals surface area contributed by atoms with Gasteiger partial charge in [-0.3, -0.25) is 4.79 Å². The van der Waals surface area contributed by atoms with Crippen LogP contribution >= 0.6 is 0 Å². The van der Waals surface area contributed by atoms with Crippen molar-refractivity contribution in [1.82, 2.24) is 4.90 Å². The highest BCUT2D eigenvalue weighted by Gasteiger charge is 2.35. The van der Waals surface area contributed by atoms with E-state index >= 15 is 0 Å². The SMILES string of the molecule is CC[C@@H](C)N1C(=O)c2ccccc2N[C@@H]1c1ccc(OCC(=O)[O-])cc1. The molecule has 1 aliphatic heterocycles. The van der Waals surface area contributed by atoms with E-state index < -0.39 is 12.6 Å². The van der Waals surface area contributed by atoms with Crippen LogP contribution in [-0.2, 0) is 4.79 Å². The fourth-order valence-corrected chi connectivity index (χ4v) is 3.05. The van der Waals surface area contributed by atoms with Gasteiger partial charge >= 0.3 is 0 Å². The van der Waals surface area contributed by atoms with Gasteiger partial charge < -0.3 is 24.9 Å². The minimum absolute atomic E-state index is 0.00372. The van der Waals surface area contributed by atoms with Gasteiger partial charge in [-0.2, -0.15) is 0 Å².